The van der Waals surface area contributed by atoms with Gasteiger partial charge in [-0.15, -0.1) is 0 Å². The summed E-state index contributed by atoms with van der Waals surface area (Å²) < 4.78 is 109. The fraction of sp³-hybridized carbons (Fsp3) is 0.100. The zero-order valence-corrected chi connectivity index (χ0v) is 21.8. The topological polar surface area (TPSA) is 82.4 Å². The van der Waals surface area contributed by atoms with Gasteiger partial charge in [0.25, 0.3) is 0 Å². The Hall–Kier alpha value is -1.73. The van der Waals surface area contributed by atoms with Crippen molar-refractivity contribution in [3.63, 3.8) is 0 Å². The number of halogens is 6. The van der Waals surface area contributed by atoms with Crippen LogP contribution in [0.4, 0.5) is 26.3 Å². The molecule has 0 atom stereocenters. The zero-order chi connectivity index (χ0) is 25.6. The molecule has 0 unspecified atom stereocenters. The van der Waals surface area contributed by atoms with Crippen molar-refractivity contribution in [3.05, 3.63) is 95.1 Å². The van der Waals surface area contributed by atoms with Crippen molar-refractivity contribution in [1.82, 2.24) is 0 Å². The number of sulfonamides is 2. The number of rotatable bonds is 5. The van der Waals surface area contributed by atoms with E-state index in [1.807, 2.05) is 0 Å². The molecule has 0 bridgehead atoms. The summed E-state index contributed by atoms with van der Waals surface area (Å²) in [6.45, 7) is 0. The molecule has 15 heteroatoms. The summed E-state index contributed by atoms with van der Waals surface area (Å²) in [5.74, 6) is 0. The van der Waals surface area contributed by atoms with Gasteiger partial charge in [-0.05, 0) is 23.8 Å². The van der Waals surface area contributed by atoms with Crippen LogP contribution in [0.3, 0.4) is 0 Å². The molecule has 0 N–H and O–H groups in total. The maximum atomic E-state index is 11.4. The number of alkyl halides is 6. The molecular weight excluding hydrogens is 724 g/mol. The zero-order valence-electron chi connectivity index (χ0n) is 17.1. The number of benzene rings is 3. The van der Waals surface area contributed by atoms with Gasteiger partial charge in [-0.1, -0.05) is 91.0 Å². The van der Waals surface area contributed by atoms with Crippen LogP contribution in [0, 0.1) is 0 Å². The first kappa shape index (κ1) is 31.3. The van der Waals surface area contributed by atoms with Crippen LogP contribution in [0.5, 0.6) is 0 Å². The molecule has 0 aliphatic heterocycles. The Kier molecular flexibility index (Phi) is 11.2. The van der Waals surface area contributed by atoms with E-state index < -0.39 is 39.0 Å². The molecule has 0 saturated carbocycles. The number of hydrogen-bond acceptors (Lipinski definition) is 4. The maximum Gasteiger partial charge on any atom is 1.00 e. The average Bonchev–Trinajstić information content (AvgIpc) is 2.74. The summed E-state index contributed by atoms with van der Waals surface area (Å²) in [7, 11) is -13.9. The minimum Gasteiger partial charge on any atom is -0.421 e. The summed E-state index contributed by atoms with van der Waals surface area (Å²) in [6, 6.07) is 32.3. The Labute approximate surface area is 214 Å². The molecule has 194 valence electrons. The van der Waals surface area contributed by atoms with Crippen molar-refractivity contribution in [2.24, 2.45) is 0 Å². The van der Waals surface area contributed by atoms with Crippen molar-refractivity contribution in [1.29, 1.82) is 0 Å². The fourth-order valence-electron chi connectivity index (χ4n) is 2.39. The van der Waals surface area contributed by atoms with Crippen molar-refractivity contribution < 1.29 is 65.6 Å². The molecule has 0 radical (unpaired) electrons. The van der Waals surface area contributed by atoms with Crippen LogP contribution in [-0.2, 0) is 42.4 Å². The molecule has 3 aromatic rings. The summed E-state index contributed by atoms with van der Waals surface area (Å²) in [6.07, 6.45) is 0. The van der Waals surface area contributed by atoms with Crippen molar-refractivity contribution in [2.45, 2.75) is 11.0 Å². The van der Waals surface area contributed by atoms with E-state index in [0.717, 1.165) is 4.13 Å². The van der Waals surface area contributed by atoms with Gasteiger partial charge in [-0.3, -0.25) is 0 Å². The predicted molar refractivity (Wildman–Crippen MR) is 118 cm³/mol. The fourth-order valence-corrected chi connectivity index (χ4v) is 6.41. The molecule has 0 saturated heterocycles. The van der Waals surface area contributed by atoms with Crippen molar-refractivity contribution in [2.75, 3.05) is 0 Å². The number of nitrogens with zero attached hydrogens (tertiary/aromatic N) is 1. The van der Waals surface area contributed by atoms with Crippen LogP contribution in [-0.4, -0.2) is 27.9 Å². The third-order valence-corrected chi connectivity index (χ3v) is 9.01. The van der Waals surface area contributed by atoms with E-state index in [4.69, 9.17) is 0 Å². The summed E-state index contributed by atoms with van der Waals surface area (Å²) in [5, 5.41) is 4.19. The molecule has 0 spiro atoms. The van der Waals surface area contributed by atoms with Gasteiger partial charge in [0.05, 0.1) is 0 Å². The number of hydrogen-bond donors (Lipinski definition) is 0. The van der Waals surface area contributed by atoms with Gasteiger partial charge < -0.3 is 4.13 Å². The van der Waals surface area contributed by atoms with E-state index in [2.05, 4.69) is 91.0 Å². The van der Waals surface area contributed by atoms with Gasteiger partial charge in [0.2, 0.25) is 0 Å². The van der Waals surface area contributed by atoms with Gasteiger partial charge in [0.15, 0.2) is 20.0 Å². The van der Waals surface area contributed by atoms with Crippen LogP contribution < -0.4 is 15.9 Å². The molecule has 0 aliphatic rings. The van der Waals surface area contributed by atoms with Crippen LogP contribution in [0.2, 0.25) is 0 Å². The van der Waals surface area contributed by atoms with Gasteiger partial charge in [0.1, 0.15) is 0 Å². The maximum absolute atomic E-state index is 11.4. The van der Waals surface area contributed by atoms with E-state index in [0.29, 0.717) is 0 Å². The van der Waals surface area contributed by atoms with E-state index in [9.17, 15) is 43.2 Å². The minimum absolute atomic E-state index is 0. The smallest absolute Gasteiger partial charge is 0.421 e. The Morgan fingerprint density at radius 2 is 0.743 bits per heavy atom. The Morgan fingerprint density at radius 3 is 0.943 bits per heavy atom. The van der Waals surface area contributed by atoms with Crippen molar-refractivity contribution in [3.8, 4) is 0 Å². The first-order chi connectivity index (χ1) is 15.7. The largest absolute Gasteiger partial charge is 1.00 e. The molecule has 35 heavy (non-hydrogen) atoms. The molecule has 3 aromatic carbocycles. The molecule has 0 aliphatic carbocycles. The Bertz CT molecular complexity index is 1140. The van der Waals surface area contributed by atoms with Crippen LogP contribution in [0.25, 0.3) is 4.13 Å². The van der Waals surface area contributed by atoms with Gasteiger partial charge in [-0.2, -0.15) is 26.3 Å². The van der Waals surface area contributed by atoms with Crippen LogP contribution in [0.1, 0.15) is 0 Å². The van der Waals surface area contributed by atoms with E-state index in [1.165, 1.54) is 15.9 Å². The molecule has 3 rings (SSSR count). The first-order valence-electron chi connectivity index (χ1n) is 8.98. The third kappa shape index (κ3) is 8.71. The Balaban J connectivity index is 0.000000352. The second-order valence-corrected chi connectivity index (χ2v) is 11.9. The molecular formula is C20H15AuF6NO4PS2. The van der Waals surface area contributed by atoms with Gasteiger partial charge in [-0.25, -0.2) is 16.8 Å². The second-order valence-electron chi connectivity index (χ2n) is 6.26. The molecule has 0 amide bonds. The minimum atomic E-state index is -6.72. The van der Waals surface area contributed by atoms with E-state index >= 15 is 0 Å². The normalized spacial score (nSPS) is 12.3. The summed E-state index contributed by atoms with van der Waals surface area (Å²) in [4.78, 5) is 0. The Morgan fingerprint density at radius 1 is 0.514 bits per heavy atom. The average molecular weight is 739 g/mol. The standard InChI is InChI=1S/C18H15P.C2F6NO4S2.Au/c1-4-10-16(11-5-1)19(17-12-6-2-7-13-17)18-14-8-3-9-15-18;3-1(4,5)14(10,11)9-15(12,13)2(6,7)8;/h1-15H;;/q;-1;+1. The second kappa shape index (κ2) is 12.5. The quantitative estimate of drug-likeness (QED) is 0.220. The van der Waals surface area contributed by atoms with Crippen LogP contribution in [0.15, 0.2) is 91.0 Å². The molecule has 0 fully saturated rings. The summed E-state index contributed by atoms with van der Waals surface area (Å²) in [5.41, 5.74) is -12.4. The van der Waals surface area contributed by atoms with Gasteiger partial charge >= 0.3 is 33.4 Å². The first-order valence-corrected chi connectivity index (χ1v) is 13.2. The monoisotopic (exact) mass is 739 g/mol. The third-order valence-electron chi connectivity index (χ3n) is 3.82. The SMILES string of the molecule is O=S(=O)([N-]S(=O)(=O)C(F)(F)F)C(F)(F)F.[Au+].c1ccc(P(c2ccccc2)c2ccccc2)cc1. The van der Waals surface area contributed by atoms with Crippen LogP contribution >= 0.6 is 7.92 Å². The molecule has 0 aromatic heterocycles. The van der Waals surface area contributed by atoms with E-state index in [1.54, 1.807) is 0 Å². The molecule has 5 nitrogen and oxygen atoms in total. The van der Waals surface area contributed by atoms with Crippen molar-refractivity contribution >= 4 is 43.9 Å². The summed E-state index contributed by atoms with van der Waals surface area (Å²) >= 11 is 0. The van der Waals surface area contributed by atoms with E-state index in [-0.39, 0.29) is 22.4 Å². The predicted octanol–water partition coefficient (Wildman–Crippen LogP) is 4.50. The van der Waals surface area contributed by atoms with Gasteiger partial charge in [0, 0.05) is 0 Å². The molecule has 0 heterocycles.